The maximum absolute atomic E-state index is 12.3. The van der Waals surface area contributed by atoms with Gasteiger partial charge < -0.3 is 9.84 Å². The number of aromatic nitrogens is 3. The van der Waals surface area contributed by atoms with Crippen LogP contribution in [0.15, 0.2) is 64.5 Å². The first-order chi connectivity index (χ1) is 14.1. The molecule has 7 heteroatoms. The first-order valence-corrected chi connectivity index (χ1v) is 10.3. The molecular formula is C22H20N4O2S. The standard InChI is InChI=1S/C22H20N4O2S/c1-3-19-24-18(13-29-19)15-9-11-16(12-10-15)20-25-22(28-26-20)14(2)23-21(27)17-7-5-4-6-8-17/h4-14H,3H2,1-2H3,(H,23,27). The highest BCUT2D eigenvalue weighted by Gasteiger charge is 2.18. The number of benzene rings is 2. The van der Waals surface area contributed by atoms with Crippen molar-refractivity contribution in [1.82, 2.24) is 20.4 Å². The van der Waals surface area contributed by atoms with Crippen LogP contribution in [0.1, 0.15) is 41.1 Å². The molecule has 0 fully saturated rings. The van der Waals surface area contributed by atoms with Gasteiger partial charge in [-0.3, -0.25) is 4.79 Å². The molecule has 0 saturated heterocycles. The van der Waals surface area contributed by atoms with E-state index in [1.807, 2.05) is 49.4 Å². The minimum atomic E-state index is -0.397. The summed E-state index contributed by atoms with van der Waals surface area (Å²) in [7, 11) is 0. The van der Waals surface area contributed by atoms with Crippen molar-refractivity contribution in [2.75, 3.05) is 0 Å². The number of rotatable bonds is 6. The van der Waals surface area contributed by atoms with Crippen molar-refractivity contribution in [3.63, 3.8) is 0 Å². The molecule has 2 heterocycles. The van der Waals surface area contributed by atoms with Crippen molar-refractivity contribution in [3.8, 4) is 22.6 Å². The van der Waals surface area contributed by atoms with Gasteiger partial charge in [-0.25, -0.2) is 4.98 Å². The molecule has 2 aromatic heterocycles. The Morgan fingerprint density at radius 1 is 1.07 bits per heavy atom. The highest BCUT2D eigenvalue weighted by atomic mass is 32.1. The fraction of sp³-hybridized carbons (Fsp3) is 0.182. The van der Waals surface area contributed by atoms with Gasteiger partial charge in [0.05, 0.1) is 10.7 Å². The number of nitrogens with zero attached hydrogens (tertiary/aromatic N) is 3. The van der Waals surface area contributed by atoms with Gasteiger partial charge in [0.2, 0.25) is 11.7 Å². The molecule has 0 aliphatic carbocycles. The fourth-order valence-corrected chi connectivity index (χ4v) is 3.61. The molecule has 0 aliphatic heterocycles. The number of nitrogens with one attached hydrogen (secondary N) is 1. The third kappa shape index (κ3) is 4.25. The van der Waals surface area contributed by atoms with E-state index in [-0.39, 0.29) is 5.91 Å². The van der Waals surface area contributed by atoms with E-state index in [0.717, 1.165) is 28.2 Å². The summed E-state index contributed by atoms with van der Waals surface area (Å²) in [4.78, 5) is 21.3. The third-order valence-electron chi connectivity index (χ3n) is 4.49. The lowest BCUT2D eigenvalue weighted by Crippen LogP contribution is -2.26. The second kappa shape index (κ2) is 8.36. The number of hydrogen-bond donors (Lipinski definition) is 1. The number of hydrogen-bond acceptors (Lipinski definition) is 6. The molecule has 4 aromatic rings. The number of carbonyl (C=O) groups excluding carboxylic acids is 1. The lowest BCUT2D eigenvalue weighted by molar-refractivity contribution is 0.0932. The summed E-state index contributed by atoms with van der Waals surface area (Å²) in [5, 5.41) is 10.1. The quantitative estimate of drug-likeness (QED) is 0.494. The van der Waals surface area contributed by atoms with Crippen LogP contribution in [0.25, 0.3) is 22.6 Å². The topological polar surface area (TPSA) is 80.9 Å². The molecule has 2 aromatic carbocycles. The van der Waals surface area contributed by atoms with E-state index in [1.165, 1.54) is 0 Å². The smallest absolute Gasteiger partial charge is 0.251 e. The predicted octanol–water partition coefficient (Wildman–Crippen LogP) is 4.91. The summed E-state index contributed by atoms with van der Waals surface area (Å²) >= 11 is 1.67. The molecule has 0 aliphatic rings. The first-order valence-electron chi connectivity index (χ1n) is 9.38. The van der Waals surface area contributed by atoms with Crippen LogP contribution in [-0.4, -0.2) is 21.0 Å². The van der Waals surface area contributed by atoms with Gasteiger partial charge in [0, 0.05) is 22.1 Å². The van der Waals surface area contributed by atoms with Crippen molar-refractivity contribution in [3.05, 3.63) is 76.4 Å². The van der Waals surface area contributed by atoms with E-state index < -0.39 is 6.04 Å². The zero-order chi connectivity index (χ0) is 20.2. The first kappa shape index (κ1) is 19.0. The number of carbonyl (C=O) groups is 1. The second-order valence-corrected chi connectivity index (χ2v) is 7.52. The van der Waals surface area contributed by atoms with E-state index in [1.54, 1.807) is 23.5 Å². The van der Waals surface area contributed by atoms with Gasteiger partial charge in [0.15, 0.2) is 0 Å². The summed E-state index contributed by atoms with van der Waals surface area (Å²) in [6.45, 7) is 3.91. The average molecular weight is 404 g/mol. The Morgan fingerprint density at radius 3 is 2.48 bits per heavy atom. The average Bonchev–Trinajstić information content (AvgIpc) is 3.44. The Kier molecular flexibility index (Phi) is 5.48. The monoisotopic (exact) mass is 404 g/mol. The van der Waals surface area contributed by atoms with E-state index in [0.29, 0.717) is 17.3 Å². The Morgan fingerprint density at radius 2 is 1.79 bits per heavy atom. The Bertz CT molecular complexity index is 1100. The van der Waals surface area contributed by atoms with Gasteiger partial charge in [-0.2, -0.15) is 4.98 Å². The molecule has 0 radical (unpaired) electrons. The highest BCUT2D eigenvalue weighted by molar-refractivity contribution is 7.09. The number of aryl methyl sites for hydroxylation is 1. The zero-order valence-corrected chi connectivity index (χ0v) is 16.9. The van der Waals surface area contributed by atoms with Crippen molar-refractivity contribution < 1.29 is 9.32 Å². The van der Waals surface area contributed by atoms with Gasteiger partial charge in [0.25, 0.3) is 5.91 Å². The van der Waals surface area contributed by atoms with Gasteiger partial charge in [-0.15, -0.1) is 11.3 Å². The van der Waals surface area contributed by atoms with E-state index in [9.17, 15) is 4.79 Å². The van der Waals surface area contributed by atoms with Gasteiger partial charge in [-0.1, -0.05) is 54.5 Å². The van der Waals surface area contributed by atoms with Crippen molar-refractivity contribution in [1.29, 1.82) is 0 Å². The van der Waals surface area contributed by atoms with Gasteiger partial charge in [0.1, 0.15) is 6.04 Å². The minimum absolute atomic E-state index is 0.183. The van der Waals surface area contributed by atoms with Crippen LogP contribution in [0.3, 0.4) is 0 Å². The van der Waals surface area contributed by atoms with Crippen molar-refractivity contribution in [2.45, 2.75) is 26.3 Å². The molecule has 146 valence electrons. The SMILES string of the molecule is CCc1nc(-c2ccc(-c3noc(C(C)NC(=O)c4ccccc4)n3)cc2)cs1. The van der Waals surface area contributed by atoms with E-state index in [4.69, 9.17) is 4.52 Å². The molecule has 1 amide bonds. The molecule has 0 spiro atoms. The van der Waals surface area contributed by atoms with Crippen LogP contribution in [0.5, 0.6) is 0 Å². The molecule has 1 N–H and O–H groups in total. The lowest BCUT2D eigenvalue weighted by atomic mass is 10.1. The molecule has 29 heavy (non-hydrogen) atoms. The zero-order valence-electron chi connectivity index (χ0n) is 16.1. The van der Waals surface area contributed by atoms with Crippen LogP contribution >= 0.6 is 11.3 Å². The van der Waals surface area contributed by atoms with Crippen LogP contribution in [0, 0.1) is 0 Å². The van der Waals surface area contributed by atoms with Crippen LogP contribution in [0.2, 0.25) is 0 Å². The largest absolute Gasteiger partial charge is 0.341 e. The second-order valence-electron chi connectivity index (χ2n) is 6.57. The predicted molar refractivity (Wildman–Crippen MR) is 113 cm³/mol. The molecular weight excluding hydrogens is 384 g/mol. The summed E-state index contributed by atoms with van der Waals surface area (Å²) in [6, 6.07) is 16.5. The minimum Gasteiger partial charge on any atom is -0.341 e. The number of thiazole rings is 1. The van der Waals surface area contributed by atoms with Gasteiger partial charge >= 0.3 is 0 Å². The Hall–Kier alpha value is -3.32. The lowest BCUT2D eigenvalue weighted by Gasteiger charge is -2.09. The Balaban J connectivity index is 1.46. The number of amides is 1. The third-order valence-corrected chi connectivity index (χ3v) is 5.48. The fourth-order valence-electron chi connectivity index (χ4n) is 2.86. The molecule has 0 bridgehead atoms. The van der Waals surface area contributed by atoms with E-state index >= 15 is 0 Å². The van der Waals surface area contributed by atoms with Gasteiger partial charge in [-0.05, 0) is 25.5 Å². The normalized spacial score (nSPS) is 11.9. The van der Waals surface area contributed by atoms with Crippen LogP contribution in [0.4, 0.5) is 0 Å². The summed E-state index contributed by atoms with van der Waals surface area (Å²) in [5.41, 5.74) is 3.46. The van der Waals surface area contributed by atoms with Crippen LogP contribution in [-0.2, 0) is 6.42 Å². The molecule has 4 rings (SSSR count). The summed E-state index contributed by atoms with van der Waals surface area (Å²) < 4.78 is 5.36. The van der Waals surface area contributed by atoms with E-state index in [2.05, 4.69) is 32.7 Å². The summed E-state index contributed by atoms with van der Waals surface area (Å²) in [6.07, 6.45) is 0.938. The van der Waals surface area contributed by atoms with Crippen molar-refractivity contribution >= 4 is 17.2 Å². The molecule has 0 saturated carbocycles. The highest BCUT2D eigenvalue weighted by Crippen LogP contribution is 2.25. The van der Waals surface area contributed by atoms with Crippen molar-refractivity contribution in [2.24, 2.45) is 0 Å². The maximum Gasteiger partial charge on any atom is 0.251 e. The van der Waals surface area contributed by atoms with Crippen LogP contribution < -0.4 is 5.32 Å². The molecule has 1 atom stereocenters. The molecule has 1 unspecified atom stereocenters. The Labute approximate surface area is 172 Å². The maximum atomic E-state index is 12.3. The molecule has 6 nitrogen and oxygen atoms in total. The summed E-state index contributed by atoms with van der Waals surface area (Å²) in [5.74, 6) is 0.664.